The minimum Gasteiger partial charge on any atom is -0.481 e. The highest BCUT2D eigenvalue weighted by molar-refractivity contribution is 5.95. The molecule has 6 N–H and O–H groups in total. The van der Waals surface area contributed by atoms with Crippen LogP contribution in [-0.4, -0.2) is 76.2 Å². The molecule has 0 aromatic carbocycles. The molecule has 0 radical (unpaired) electrons. The summed E-state index contributed by atoms with van der Waals surface area (Å²) in [5, 5.41) is 16.8. The van der Waals surface area contributed by atoms with E-state index in [1.54, 1.807) is 13.8 Å². The van der Waals surface area contributed by atoms with Gasteiger partial charge in [-0.1, -0.05) is 27.7 Å². The molecular formula is C23H39N5O7. The van der Waals surface area contributed by atoms with Crippen LogP contribution in [0.4, 0.5) is 0 Å². The van der Waals surface area contributed by atoms with Crippen LogP contribution in [0.2, 0.25) is 0 Å². The monoisotopic (exact) mass is 497 g/mol. The van der Waals surface area contributed by atoms with Gasteiger partial charge in [-0.05, 0) is 37.5 Å². The molecule has 12 nitrogen and oxygen atoms in total. The molecule has 4 atom stereocenters. The quantitative estimate of drug-likeness (QED) is 0.227. The molecule has 5 amide bonds. The number of likely N-dealkylation sites (tertiary alicyclic amines) is 1. The van der Waals surface area contributed by atoms with E-state index in [0.29, 0.717) is 19.4 Å². The summed E-state index contributed by atoms with van der Waals surface area (Å²) in [5.41, 5.74) is 5.35. The number of hydrogen-bond donors (Lipinski definition) is 5. The number of carboxylic acids is 1. The number of rotatable bonds is 13. The first-order chi connectivity index (χ1) is 16.2. The Balaban J connectivity index is 3.03. The molecule has 12 heteroatoms. The van der Waals surface area contributed by atoms with Gasteiger partial charge in [0, 0.05) is 19.9 Å². The molecule has 198 valence electrons. The summed E-state index contributed by atoms with van der Waals surface area (Å²) in [4.78, 5) is 74.9. The summed E-state index contributed by atoms with van der Waals surface area (Å²) < 4.78 is 0. The van der Waals surface area contributed by atoms with E-state index < -0.39 is 60.2 Å². The molecule has 1 saturated heterocycles. The zero-order valence-corrected chi connectivity index (χ0v) is 21.1. The molecule has 0 unspecified atom stereocenters. The van der Waals surface area contributed by atoms with Crippen LogP contribution >= 0.6 is 0 Å². The number of amides is 5. The second-order valence-electron chi connectivity index (χ2n) is 9.69. The lowest BCUT2D eigenvalue weighted by molar-refractivity contribution is -0.139. The van der Waals surface area contributed by atoms with Gasteiger partial charge in [-0.15, -0.1) is 0 Å². The van der Waals surface area contributed by atoms with Crippen molar-refractivity contribution >= 4 is 35.5 Å². The van der Waals surface area contributed by atoms with Crippen LogP contribution in [0.15, 0.2) is 0 Å². The minimum atomic E-state index is -1.26. The number of carboxylic acid groups (broad SMARTS) is 1. The van der Waals surface area contributed by atoms with Crippen molar-refractivity contribution in [2.24, 2.45) is 17.6 Å². The third kappa shape index (κ3) is 9.53. The zero-order valence-electron chi connectivity index (χ0n) is 21.1. The van der Waals surface area contributed by atoms with Gasteiger partial charge >= 0.3 is 5.97 Å². The van der Waals surface area contributed by atoms with Crippen LogP contribution in [0, 0.1) is 11.8 Å². The maximum atomic E-state index is 13.1. The summed E-state index contributed by atoms with van der Waals surface area (Å²) in [7, 11) is 0. The van der Waals surface area contributed by atoms with Gasteiger partial charge in [0.25, 0.3) is 0 Å². The SMILES string of the molecule is CC(=O)N1CCC[C@H]1C(=O)N[C@@H](CC(C)C)C(=O)N[C@@H](CCC(=O)O)C(=O)N[C@H](C(N)=O)C(C)C. The van der Waals surface area contributed by atoms with Crippen molar-refractivity contribution in [2.75, 3.05) is 6.54 Å². The van der Waals surface area contributed by atoms with E-state index in [4.69, 9.17) is 10.8 Å². The Bertz CT molecular complexity index is 814. The van der Waals surface area contributed by atoms with E-state index in [1.165, 1.54) is 11.8 Å². The molecule has 1 fully saturated rings. The van der Waals surface area contributed by atoms with Crippen molar-refractivity contribution in [3.05, 3.63) is 0 Å². The molecule has 1 aliphatic rings. The topological polar surface area (TPSA) is 188 Å². The molecule has 35 heavy (non-hydrogen) atoms. The Labute approximate surface area is 205 Å². The molecule has 1 aliphatic heterocycles. The maximum Gasteiger partial charge on any atom is 0.303 e. The van der Waals surface area contributed by atoms with Crippen molar-refractivity contribution in [1.82, 2.24) is 20.9 Å². The number of hydrogen-bond acceptors (Lipinski definition) is 6. The van der Waals surface area contributed by atoms with Gasteiger partial charge in [-0.2, -0.15) is 0 Å². The highest BCUT2D eigenvalue weighted by Gasteiger charge is 2.36. The molecule has 0 aromatic heterocycles. The summed E-state index contributed by atoms with van der Waals surface area (Å²) in [6.45, 7) is 8.93. The van der Waals surface area contributed by atoms with Crippen LogP contribution in [0.25, 0.3) is 0 Å². The van der Waals surface area contributed by atoms with Gasteiger partial charge in [0.05, 0.1) is 0 Å². The highest BCUT2D eigenvalue weighted by atomic mass is 16.4. The molecule has 0 spiro atoms. The minimum absolute atomic E-state index is 0.00465. The standard InChI is InChI=1S/C23H39N5O7/c1-12(2)11-16(26-23(35)17-7-6-10-28(17)14(5)29)22(34)25-15(8-9-18(30)31)21(33)27-19(13(3)4)20(24)32/h12-13,15-17,19H,6-11H2,1-5H3,(H2,24,32)(H,25,34)(H,26,35)(H,27,33)(H,30,31)/t15-,16-,17-,19-/m0/s1. The number of aliphatic carboxylic acids is 1. The van der Waals surface area contributed by atoms with E-state index in [2.05, 4.69) is 16.0 Å². The Morgan fingerprint density at radius 2 is 1.57 bits per heavy atom. The zero-order chi connectivity index (χ0) is 26.9. The van der Waals surface area contributed by atoms with E-state index >= 15 is 0 Å². The first-order valence-electron chi connectivity index (χ1n) is 11.9. The third-order valence-corrected chi connectivity index (χ3v) is 5.85. The van der Waals surface area contributed by atoms with Crippen molar-refractivity contribution in [1.29, 1.82) is 0 Å². The highest BCUT2D eigenvalue weighted by Crippen LogP contribution is 2.18. The molecule has 0 saturated carbocycles. The number of primary amides is 1. The molecule has 0 aliphatic carbocycles. The maximum absolute atomic E-state index is 13.1. The molecule has 0 aromatic rings. The third-order valence-electron chi connectivity index (χ3n) is 5.85. The first-order valence-corrected chi connectivity index (χ1v) is 11.9. The average molecular weight is 498 g/mol. The second kappa shape index (κ2) is 13.6. The number of nitrogens with two attached hydrogens (primary N) is 1. The summed E-state index contributed by atoms with van der Waals surface area (Å²) >= 11 is 0. The van der Waals surface area contributed by atoms with Gasteiger partial charge in [-0.3, -0.25) is 28.8 Å². The average Bonchev–Trinajstić information content (AvgIpc) is 3.23. The van der Waals surface area contributed by atoms with Crippen LogP contribution in [0.3, 0.4) is 0 Å². The number of nitrogens with one attached hydrogen (secondary N) is 3. The van der Waals surface area contributed by atoms with Crippen LogP contribution in [0.5, 0.6) is 0 Å². The van der Waals surface area contributed by atoms with E-state index in [-0.39, 0.29) is 30.6 Å². The number of carbonyl (C=O) groups is 6. The lowest BCUT2D eigenvalue weighted by atomic mass is 10.0. The Morgan fingerprint density at radius 1 is 0.971 bits per heavy atom. The van der Waals surface area contributed by atoms with Crippen molar-refractivity contribution < 1.29 is 33.9 Å². The smallest absolute Gasteiger partial charge is 0.303 e. The predicted molar refractivity (Wildman–Crippen MR) is 127 cm³/mol. The van der Waals surface area contributed by atoms with Gasteiger partial charge in [0.1, 0.15) is 24.2 Å². The fourth-order valence-electron chi connectivity index (χ4n) is 4.02. The lowest BCUT2D eigenvalue weighted by Crippen LogP contribution is -2.58. The molecular weight excluding hydrogens is 458 g/mol. The summed E-state index contributed by atoms with van der Waals surface area (Å²) in [6, 6.07) is -3.94. The first kappa shape index (κ1) is 29.9. The largest absolute Gasteiger partial charge is 0.481 e. The molecule has 1 heterocycles. The van der Waals surface area contributed by atoms with Crippen molar-refractivity contribution in [3.63, 3.8) is 0 Å². The van der Waals surface area contributed by atoms with Gasteiger partial charge < -0.3 is 31.7 Å². The van der Waals surface area contributed by atoms with Gasteiger partial charge in [-0.25, -0.2) is 0 Å². The number of nitrogens with zero attached hydrogens (tertiary/aromatic N) is 1. The van der Waals surface area contributed by atoms with Gasteiger partial charge in [0.15, 0.2) is 0 Å². The van der Waals surface area contributed by atoms with Crippen LogP contribution in [0.1, 0.15) is 66.7 Å². The van der Waals surface area contributed by atoms with Crippen molar-refractivity contribution in [3.8, 4) is 0 Å². The van der Waals surface area contributed by atoms with E-state index in [0.717, 1.165) is 0 Å². The Morgan fingerprint density at radius 3 is 2.06 bits per heavy atom. The predicted octanol–water partition coefficient (Wildman–Crippen LogP) is -0.496. The lowest BCUT2D eigenvalue weighted by Gasteiger charge is -2.28. The molecule has 0 bridgehead atoms. The second-order valence-corrected chi connectivity index (χ2v) is 9.69. The Hall–Kier alpha value is -3.18. The van der Waals surface area contributed by atoms with Crippen molar-refractivity contribution in [2.45, 2.75) is 90.9 Å². The van der Waals surface area contributed by atoms with Crippen LogP contribution < -0.4 is 21.7 Å². The Kier molecular flexibility index (Phi) is 11.6. The summed E-state index contributed by atoms with van der Waals surface area (Å²) in [6.07, 6.45) is 0.785. The molecule has 1 rings (SSSR count). The fraction of sp³-hybridized carbons (Fsp3) is 0.739. The van der Waals surface area contributed by atoms with E-state index in [1.807, 2.05) is 13.8 Å². The van der Waals surface area contributed by atoms with E-state index in [9.17, 15) is 28.8 Å². The summed E-state index contributed by atoms with van der Waals surface area (Å²) in [5.74, 6) is -4.33. The number of carbonyl (C=O) groups excluding carboxylic acids is 5. The fourth-order valence-corrected chi connectivity index (χ4v) is 4.02. The van der Waals surface area contributed by atoms with Gasteiger partial charge in [0.2, 0.25) is 29.5 Å². The van der Waals surface area contributed by atoms with Crippen LogP contribution in [-0.2, 0) is 28.8 Å². The normalized spacial score (nSPS) is 18.0.